The average molecular weight is 1860 g/mol. The Labute approximate surface area is 744 Å². The number of hydrogen-bond donors (Lipinski definition) is 22. The number of hydrogen-bond acceptors (Lipinski definition) is 30. The minimum atomic E-state index is -4.94. The number of nitrogens with zero attached hydrogens (tertiary/aromatic N) is 2. The number of anilines is 1. The standard InChI is InChI=1S/C82H90Cl2F3N15O26S/c1-32(2)20-45(90-5)71(114)98-62-64(109)36-9-14-49(43(83)23-36)123-51-25-38-26-52(68(51)127-78-69(67(112)66(111)53(31-103)125-78)126-57-30-81(4,70(113)33(3)122-57)91-17-19-102-18-16-55(94-80(102)121)93-56(108)21-34-6-11-40(12-7-34)128-82(85,86)87)124-50-15-10-37(24-44(50)84)65(110)63-76(119)97-61(77(120)100-101-79(89)129)42-27-39(104)28-48(106)58(42)41-22-35(8-13-47(41)105)59(73(116)99-63)96-74(117)60(38)95-72(115)46(29-54(88)107)92-75(62)118/h6-16,18,22-28,32-33,45-46,53,57,59-67,69-70,78,90-91,103-106,109-113H,17,19-21,29-31H2,1-5H3,(H2,88,107)(H,92,118)(H,95,115)(H,96,117)(H,97,119)(H,98,114)(H,99,116)(H,100,120)(H3,89,101,129)(H,93,94,108,121)/t33-,45+,46-,53+,57-,59+,60+,61+,62+,63-,64+,65+,66+,67-,69+,70+,78-,81-/m0/s1. The van der Waals surface area contributed by atoms with Crippen molar-refractivity contribution in [3.63, 3.8) is 0 Å². The van der Waals surface area contributed by atoms with E-state index in [4.69, 9.17) is 75.3 Å². The number of aliphatic hydroxyl groups excluding tert-OH is 6. The third-order valence-electron chi connectivity index (χ3n) is 21.6. The number of primary amides is 1. The molecule has 129 heavy (non-hydrogen) atoms. The van der Waals surface area contributed by atoms with E-state index in [0.717, 1.165) is 89.5 Å². The van der Waals surface area contributed by atoms with Gasteiger partial charge < -0.3 is 138 Å². The fraction of sp³-hybridized carbons (Fsp3) is 0.390. The first-order chi connectivity index (χ1) is 61.0. The van der Waals surface area contributed by atoms with Crippen LogP contribution in [0.4, 0.5) is 19.0 Å². The number of carbonyl (C=O) groups is 9. The topological polar surface area (TPSA) is 620 Å². The fourth-order valence-corrected chi connectivity index (χ4v) is 15.7. The number of fused-ring (bicyclic) bond motifs is 15. The van der Waals surface area contributed by atoms with E-state index in [9.17, 15) is 83.1 Å². The smallest absolute Gasteiger partial charge is 0.508 e. The molecule has 0 unspecified atom stereocenters. The largest absolute Gasteiger partial charge is 0.573 e. The molecule has 47 heteroatoms. The number of aliphatic hydroxyl groups is 6. The number of nitrogens with one attached hydrogen (secondary N) is 11. The van der Waals surface area contributed by atoms with Gasteiger partial charge in [-0.15, -0.1) is 13.2 Å². The molecule has 7 aromatic rings. The van der Waals surface area contributed by atoms with Crippen LogP contribution in [0.2, 0.25) is 10.0 Å². The number of phenols is 3. The highest BCUT2D eigenvalue weighted by molar-refractivity contribution is 7.80. The van der Waals surface area contributed by atoms with E-state index in [2.05, 4.69) is 68.4 Å². The summed E-state index contributed by atoms with van der Waals surface area (Å²) >= 11 is 19.2. The number of hydrazine groups is 1. The summed E-state index contributed by atoms with van der Waals surface area (Å²) in [5.74, 6) is -17.4. The molecule has 2 fully saturated rings. The van der Waals surface area contributed by atoms with Crippen LogP contribution in [0.15, 0.2) is 120 Å². The molecule has 9 amide bonds. The lowest BCUT2D eigenvalue weighted by Crippen LogP contribution is -2.65. The maximum atomic E-state index is 16.3. The van der Waals surface area contributed by atoms with Gasteiger partial charge in [0, 0.05) is 48.4 Å². The molecule has 14 rings (SSSR count). The van der Waals surface area contributed by atoms with Crippen molar-refractivity contribution in [3.8, 4) is 62.9 Å². The molecule has 11 bridgehead atoms. The maximum Gasteiger partial charge on any atom is 0.573 e. The summed E-state index contributed by atoms with van der Waals surface area (Å²) in [5, 5.41) is 128. The molecule has 41 nitrogen and oxygen atoms in total. The zero-order valence-electron chi connectivity index (χ0n) is 68.6. The molecule has 0 radical (unpaired) electrons. The molecule has 1 aromatic heterocycles. The Morgan fingerprint density at radius 1 is 0.729 bits per heavy atom. The Morgan fingerprint density at radius 2 is 1.36 bits per heavy atom. The van der Waals surface area contributed by atoms with E-state index >= 15 is 24.0 Å². The molecule has 0 saturated carbocycles. The van der Waals surface area contributed by atoms with Crippen LogP contribution < -0.4 is 94.8 Å². The van der Waals surface area contributed by atoms with Crippen molar-refractivity contribution in [3.05, 3.63) is 169 Å². The molecule has 2 saturated heterocycles. The van der Waals surface area contributed by atoms with Crippen LogP contribution in [0.5, 0.6) is 51.7 Å². The number of aromatic hydroxyl groups is 3. The predicted octanol–water partition coefficient (Wildman–Crippen LogP) is 0.854. The van der Waals surface area contributed by atoms with Crippen molar-refractivity contribution in [1.82, 2.24) is 62.9 Å². The van der Waals surface area contributed by atoms with E-state index in [1.165, 1.54) is 44.4 Å². The number of amides is 9. The van der Waals surface area contributed by atoms with E-state index in [-0.39, 0.29) is 60.8 Å². The molecule has 7 aliphatic rings. The van der Waals surface area contributed by atoms with Gasteiger partial charge in [-0.2, -0.15) is 4.98 Å². The quantitative estimate of drug-likeness (QED) is 0.0350. The lowest BCUT2D eigenvalue weighted by molar-refractivity contribution is -0.334. The number of rotatable bonds is 21. The van der Waals surface area contributed by atoms with Gasteiger partial charge in [0.25, 0.3) is 5.91 Å². The summed E-state index contributed by atoms with van der Waals surface area (Å²) in [4.78, 5) is 150. The first kappa shape index (κ1) is 95.7. The molecule has 7 aliphatic heterocycles. The number of thiocarbonyl (C=S) groups is 1. The number of ether oxygens (including phenoxy) is 7. The van der Waals surface area contributed by atoms with Gasteiger partial charge in [-0.05, 0) is 152 Å². The molecular weight excluding hydrogens is 1770 g/mol. The average Bonchev–Trinajstić information content (AvgIpc) is 0.764. The van der Waals surface area contributed by atoms with Gasteiger partial charge >= 0.3 is 12.1 Å². The third kappa shape index (κ3) is 22.5. The second-order valence-electron chi connectivity index (χ2n) is 31.4. The number of carbonyl (C=O) groups excluding carboxylic acids is 9. The zero-order valence-corrected chi connectivity index (χ0v) is 71.0. The zero-order chi connectivity index (χ0) is 93.7. The van der Waals surface area contributed by atoms with Crippen LogP contribution in [-0.4, -0.2) is 219 Å². The van der Waals surface area contributed by atoms with Crippen molar-refractivity contribution in [2.24, 2.45) is 17.4 Å². The summed E-state index contributed by atoms with van der Waals surface area (Å²) in [7, 11) is 1.45. The number of phenolic OH excluding ortho intramolecular Hbond substituents is 3. The van der Waals surface area contributed by atoms with Gasteiger partial charge in [-0.1, -0.05) is 67.4 Å². The summed E-state index contributed by atoms with van der Waals surface area (Å²) in [6, 6.07) is 4.77. The monoisotopic (exact) mass is 1860 g/mol. The summed E-state index contributed by atoms with van der Waals surface area (Å²) in [6.07, 6.45) is -24.0. The highest BCUT2D eigenvalue weighted by atomic mass is 35.5. The Bertz CT molecular complexity index is 5540. The van der Waals surface area contributed by atoms with Crippen LogP contribution in [0.25, 0.3) is 11.1 Å². The molecule has 690 valence electrons. The molecule has 18 atom stereocenters. The Morgan fingerprint density at radius 3 is 1.98 bits per heavy atom. The van der Waals surface area contributed by atoms with E-state index in [1.807, 2.05) is 0 Å². The van der Waals surface area contributed by atoms with Gasteiger partial charge in [-0.25, -0.2) is 4.79 Å². The van der Waals surface area contributed by atoms with Crippen molar-refractivity contribution in [2.75, 3.05) is 25.5 Å². The SMILES string of the molecule is CN[C@H](CC(C)C)C(=O)N[C@H]1C(=O)N[C@@H](CC(N)=O)C(=O)N[C@H]2C(=O)N[C@H]3C(=O)N[C@H](C(=O)N[C@@H](C(=O)NNC(N)=S)c4cc(O)cc(O)c4-c4cc3ccc4O)[C@H](O)c3ccc(c(Cl)c3)Oc3cc2cc(c3O[C@@H]2O[C@H](CO)[C@@H](O)[C@H](O)[C@H]2O[C@H]2C[C@](C)(NCCn3ccc(NC(=O)Cc4ccc(OC(F)(F)F)cc4)nc3=O)[C@H](O)[C@H](C)O2)Oc2ccc(cc2Cl)[C@H]1O. The number of nitrogens with two attached hydrogens (primary N) is 2. The van der Waals surface area contributed by atoms with Crippen molar-refractivity contribution in [2.45, 2.75) is 176 Å². The number of benzene rings is 6. The lowest BCUT2D eigenvalue weighted by atomic mass is 9.85. The minimum Gasteiger partial charge on any atom is -0.508 e. The molecule has 0 spiro atoms. The van der Waals surface area contributed by atoms with Crippen molar-refractivity contribution < 1.29 is 135 Å². The normalized spacial score (nSPS) is 25.5. The Kier molecular flexibility index (Phi) is 29.8. The molecular formula is C82H90Cl2F3N15O26S. The first-order valence-electron chi connectivity index (χ1n) is 39.7. The van der Waals surface area contributed by atoms with Gasteiger partial charge in [0.1, 0.15) is 107 Å². The number of alkyl halides is 3. The van der Waals surface area contributed by atoms with E-state index < -0.39 is 277 Å². The van der Waals surface area contributed by atoms with Crippen LogP contribution in [0.1, 0.15) is 111 Å². The van der Waals surface area contributed by atoms with Gasteiger partial charge in [0.05, 0.1) is 47.7 Å². The van der Waals surface area contributed by atoms with Gasteiger partial charge in [0.2, 0.25) is 59.3 Å². The summed E-state index contributed by atoms with van der Waals surface area (Å²) < 4.78 is 82.5. The van der Waals surface area contributed by atoms with Crippen LogP contribution in [-0.2, 0) is 70.3 Å². The van der Waals surface area contributed by atoms with E-state index in [1.54, 1.807) is 20.8 Å². The fourth-order valence-electron chi connectivity index (χ4n) is 15.2. The lowest BCUT2D eigenvalue weighted by Gasteiger charge is -2.48. The third-order valence-corrected chi connectivity index (χ3v) is 22.3. The van der Waals surface area contributed by atoms with Crippen molar-refractivity contribution >= 4 is 99.5 Å². The van der Waals surface area contributed by atoms with Crippen LogP contribution in [0, 0.1) is 5.92 Å². The van der Waals surface area contributed by atoms with Crippen LogP contribution >= 0.6 is 35.4 Å². The first-order valence-corrected chi connectivity index (χ1v) is 40.9. The van der Waals surface area contributed by atoms with Crippen LogP contribution in [0.3, 0.4) is 0 Å². The maximum absolute atomic E-state index is 16.3. The van der Waals surface area contributed by atoms with Gasteiger partial charge in [0.15, 0.2) is 29.0 Å². The molecule has 24 N–H and O–H groups in total. The molecule has 6 aromatic carbocycles. The Hall–Kier alpha value is -12.4. The summed E-state index contributed by atoms with van der Waals surface area (Å²) in [6.45, 7) is 5.32. The van der Waals surface area contributed by atoms with E-state index in [0.29, 0.717) is 5.56 Å². The number of aromatic nitrogens is 2. The Balaban J connectivity index is 0.980. The molecule has 0 aliphatic carbocycles. The number of halogens is 5. The molecule has 8 heterocycles. The predicted molar refractivity (Wildman–Crippen MR) is 447 cm³/mol. The highest BCUT2D eigenvalue weighted by Crippen LogP contribution is 2.50. The number of likely N-dealkylation sites (N-methyl/N-ethyl adjacent to an activating group) is 1. The van der Waals surface area contributed by atoms with Gasteiger partial charge in [-0.3, -0.25) is 58.6 Å². The van der Waals surface area contributed by atoms with Crippen molar-refractivity contribution in [1.29, 1.82) is 0 Å². The summed E-state index contributed by atoms with van der Waals surface area (Å²) in [5.41, 5.74) is 10.9. The highest BCUT2D eigenvalue weighted by Gasteiger charge is 2.53. The second kappa shape index (κ2) is 40.1. The minimum absolute atomic E-state index is 0.103. The second-order valence-corrected chi connectivity index (χ2v) is 32.7.